The van der Waals surface area contributed by atoms with Crippen molar-refractivity contribution in [3.63, 3.8) is 0 Å². The van der Waals surface area contributed by atoms with Crippen LogP contribution in [-0.4, -0.2) is 26.8 Å². The second-order valence-electron chi connectivity index (χ2n) is 6.57. The normalized spacial score (nSPS) is 14.9. The fourth-order valence-corrected chi connectivity index (χ4v) is 3.83. The molecule has 0 bridgehead atoms. The summed E-state index contributed by atoms with van der Waals surface area (Å²) in [6.07, 6.45) is 2.07. The van der Waals surface area contributed by atoms with Crippen LogP contribution in [0.15, 0.2) is 58.5 Å². The van der Waals surface area contributed by atoms with Crippen LogP contribution in [-0.2, 0) is 4.79 Å². The van der Waals surface area contributed by atoms with E-state index >= 15 is 0 Å². The van der Waals surface area contributed by atoms with Crippen molar-refractivity contribution < 1.29 is 4.79 Å². The van der Waals surface area contributed by atoms with Gasteiger partial charge in [-0.1, -0.05) is 35.5 Å². The number of aromatic nitrogens is 2. The largest absolute Gasteiger partial charge is 0.352 e. The fraction of sp³-hybridized carbons (Fsp3) is 0.250. The standard InChI is InChI=1S/C20H18ClN3O2S/c1-12(18(25)22-14-8-9-14)27-20-23-17-5-3-2-4-16(17)19(26)24(20)15-10-6-13(21)7-11-15/h2-7,10-12,14H,8-9H2,1H3,(H,22,25)/t12-/m1/s1. The summed E-state index contributed by atoms with van der Waals surface area (Å²) in [5, 5.41) is 4.25. The Hall–Kier alpha value is -2.31. The maximum Gasteiger partial charge on any atom is 0.266 e. The molecule has 27 heavy (non-hydrogen) atoms. The van der Waals surface area contributed by atoms with Crippen LogP contribution in [0.5, 0.6) is 0 Å². The van der Waals surface area contributed by atoms with Crippen LogP contribution in [0, 0.1) is 0 Å². The molecule has 5 nitrogen and oxygen atoms in total. The third kappa shape index (κ3) is 3.87. The van der Waals surface area contributed by atoms with Gasteiger partial charge in [0.2, 0.25) is 5.91 Å². The fourth-order valence-electron chi connectivity index (χ4n) is 2.77. The molecule has 1 amide bonds. The molecule has 0 radical (unpaired) electrons. The van der Waals surface area contributed by atoms with E-state index < -0.39 is 0 Å². The van der Waals surface area contributed by atoms with Crippen molar-refractivity contribution in [1.82, 2.24) is 14.9 Å². The Morgan fingerprint density at radius 1 is 1.22 bits per heavy atom. The zero-order valence-electron chi connectivity index (χ0n) is 14.7. The summed E-state index contributed by atoms with van der Waals surface area (Å²) >= 11 is 7.28. The number of hydrogen-bond donors (Lipinski definition) is 1. The molecule has 1 heterocycles. The molecule has 1 saturated carbocycles. The van der Waals surface area contributed by atoms with Crippen LogP contribution in [0.4, 0.5) is 0 Å². The number of amides is 1. The van der Waals surface area contributed by atoms with Crippen molar-refractivity contribution >= 4 is 40.2 Å². The zero-order chi connectivity index (χ0) is 19.0. The minimum Gasteiger partial charge on any atom is -0.352 e. The lowest BCUT2D eigenvalue weighted by Gasteiger charge is -2.16. The van der Waals surface area contributed by atoms with Crippen molar-refractivity contribution in [1.29, 1.82) is 0 Å². The predicted molar refractivity (Wildman–Crippen MR) is 109 cm³/mol. The number of benzene rings is 2. The second kappa shape index (κ2) is 7.37. The first-order valence-electron chi connectivity index (χ1n) is 8.78. The van der Waals surface area contributed by atoms with Gasteiger partial charge in [-0.3, -0.25) is 14.2 Å². The van der Waals surface area contributed by atoms with Crippen LogP contribution < -0.4 is 10.9 Å². The number of fused-ring (bicyclic) bond motifs is 1. The molecule has 1 N–H and O–H groups in total. The molecular formula is C20H18ClN3O2S. The van der Waals surface area contributed by atoms with Gasteiger partial charge < -0.3 is 5.32 Å². The first-order valence-corrected chi connectivity index (χ1v) is 10.0. The van der Waals surface area contributed by atoms with Crippen LogP contribution >= 0.6 is 23.4 Å². The molecule has 0 spiro atoms. The minimum absolute atomic E-state index is 0.0347. The van der Waals surface area contributed by atoms with Crippen LogP contribution in [0.2, 0.25) is 5.02 Å². The first kappa shape index (κ1) is 18.1. The van der Waals surface area contributed by atoms with Crippen LogP contribution in [0.3, 0.4) is 0 Å². The first-order chi connectivity index (χ1) is 13.0. The molecule has 0 unspecified atom stereocenters. The zero-order valence-corrected chi connectivity index (χ0v) is 16.3. The van der Waals surface area contributed by atoms with E-state index in [0.29, 0.717) is 32.8 Å². The van der Waals surface area contributed by atoms with Gasteiger partial charge in [0.15, 0.2) is 5.16 Å². The summed E-state index contributed by atoms with van der Waals surface area (Å²) in [7, 11) is 0. The molecule has 1 fully saturated rings. The number of carbonyl (C=O) groups is 1. The average molecular weight is 400 g/mol. The summed E-state index contributed by atoms with van der Waals surface area (Å²) in [5.41, 5.74) is 1.12. The molecule has 3 aromatic rings. The van der Waals surface area contributed by atoms with Gasteiger partial charge in [0, 0.05) is 11.1 Å². The van der Waals surface area contributed by atoms with E-state index in [0.717, 1.165) is 12.8 Å². The van der Waals surface area contributed by atoms with Crippen molar-refractivity contribution in [2.45, 2.75) is 36.2 Å². The van der Waals surface area contributed by atoms with E-state index in [1.54, 1.807) is 34.9 Å². The number of para-hydroxylation sites is 1. The van der Waals surface area contributed by atoms with E-state index in [-0.39, 0.29) is 16.7 Å². The van der Waals surface area contributed by atoms with Gasteiger partial charge in [-0.15, -0.1) is 0 Å². The molecule has 1 aromatic heterocycles. The molecule has 1 aliphatic carbocycles. The van der Waals surface area contributed by atoms with E-state index in [2.05, 4.69) is 10.3 Å². The summed E-state index contributed by atoms with van der Waals surface area (Å²) in [4.78, 5) is 30.2. The molecule has 0 aliphatic heterocycles. The van der Waals surface area contributed by atoms with Crippen molar-refractivity contribution in [3.8, 4) is 5.69 Å². The van der Waals surface area contributed by atoms with E-state index in [1.807, 2.05) is 25.1 Å². The highest BCUT2D eigenvalue weighted by Crippen LogP contribution is 2.27. The third-order valence-corrected chi connectivity index (χ3v) is 5.71. The monoisotopic (exact) mass is 399 g/mol. The third-order valence-electron chi connectivity index (χ3n) is 4.40. The van der Waals surface area contributed by atoms with Crippen LogP contribution in [0.25, 0.3) is 16.6 Å². The van der Waals surface area contributed by atoms with Gasteiger partial charge in [-0.05, 0) is 56.2 Å². The topological polar surface area (TPSA) is 64.0 Å². The Bertz CT molecular complexity index is 1060. The maximum absolute atomic E-state index is 13.1. The van der Waals surface area contributed by atoms with Gasteiger partial charge in [-0.25, -0.2) is 4.98 Å². The van der Waals surface area contributed by atoms with Gasteiger partial charge >= 0.3 is 0 Å². The van der Waals surface area contributed by atoms with Gasteiger partial charge in [0.25, 0.3) is 5.56 Å². The SMILES string of the molecule is C[C@@H](Sc1nc2ccccc2c(=O)n1-c1ccc(Cl)cc1)C(=O)NC1CC1. The molecule has 0 saturated heterocycles. The lowest BCUT2D eigenvalue weighted by molar-refractivity contribution is -0.120. The lowest BCUT2D eigenvalue weighted by Crippen LogP contribution is -2.33. The molecule has 2 aromatic carbocycles. The molecule has 4 rings (SSSR count). The number of carbonyl (C=O) groups excluding carboxylic acids is 1. The maximum atomic E-state index is 13.1. The smallest absolute Gasteiger partial charge is 0.266 e. The number of nitrogens with one attached hydrogen (secondary N) is 1. The Labute approximate surface area is 165 Å². The highest BCUT2D eigenvalue weighted by Gasteiger charge is 2.27. The van der Waals surface area contributed by atoms with E-state index in [1.165, 1.54) is 11.8 Å². The lowest BCUT2D eigenvalue weighted by atomic mass is 10.2. The number of thioether (sulfide) groups is 1. The van der Waals surface area contributed by atoms with Gasteiger partial charge in [0.05, 0.1) is 21.8 Å². The summed E-state index contributed by atoms with van der Waals surface area (Å²) in [6.45, 7) is 1.83. The Morgan fingerprint density at radius 2 is 1.93 bits per heavy atom. The molecule has 138 valence electrons. The highest BCUT2D eigenvalue weighted by molar-refractivity contribution is 8.00. The van der Waals surface area contributed by atoms with Crippen molar-refractivity contribution in [3.05, 3.63) is 63.9 Å². The van der Waals surface area contributed by atoms with Crippen molar-refractivity contribution in [2.75, 3.05) is 0 Å². The van der Waals surface area contributed by atoms with E-state index in [4.69, 9.17) is 11.6 Å². The second-order valence-corrected chi connectivity index (χ2v) is 8.32. The highest BCUT2D eigenvalue weighted by atomic mass is 35.5. The van der Waals surface area contributed by atoms with Gasteiger partial charge in [0.1, 0.15) is 0 Å². The van der Waals surface area contributed by atoms with E-state index in [9.17, 15) is 9.59 Å². The summed E-state index contributed by atoms with van der Waals surface area (Å²) < 4.78 is 1.55. The van der Waals surface area contributed by atoms with Crippen molar-refractivity contribution in [2.24, 2.45) is 0 Å². The summed E-state index contributed by atoms with van der Waals surface area (Å²) in [5.74, 6) is -0.0347. The minimum atomic E-state index is -0.364. The number of hydrogen-bond acceptors (Lipinski definition) is 4. The Balaban J connectivity index is 1.79. The molecule has 7 heteroatoms. The molecule has 1 aliphatic rings. The molecular weight excluding hydrogens is 382 g/mol. The average Bonchev–Trinajstić information content (AvgIpc) is 3.47. The summed E-state index contributed by atoms with van der Waals surface area (Å²) in [6, 6.07) is 14.5. The molecule has 1 atom stereocenters. The Morgan fingerprint density at radius 3 is 2.63 bits per heavy atom. The number of rotatable bonds is 5. The van der Waals surface area contributed by atoms with Gasteiger partial charge in [-0.2, -0.15) is 0 Å². The quantitative estimate of drug-likeness (QED) is 0.523. The predicted octanol–water partition coefficient (Wildman–Crippen LogP) is 3.80. The Kier molecular flexibility index (Phi) is 4.93. The number of halogens is 1. The number of nitrogens with zero attached hydrogens (tertiary/aromatic N) is 2. The van der Waals surface area contributed by atoms with Crippen LogP contribution in [0.1, 0.15) is 19.8 Å².